The Morgan fingerprint density at radius 3 is 2.64 bits per heavy atom. The molecule has 2 bridgehead atoms. The van der Waals surface area contributed by atoms with E-state index in [0.717, 1.165) is 24.5 Å². The largest absolute Gasteiger partial charge is 0.495 e. The van der Waals surface area contributed by atoms with E-state index in [1.54, 1.807) is 30.5 Å². The van der Waals surface area contributed by atoms with Crippen molar-refractivity contribution in [3.63, 3.8) is 0 Å². The molecule has 0 spiro atoms. The van der Waals surface area contributed by atoms with Gasteiger partial charge < -0.3 is 4.74 Å². The number of hydrogen-bond acceptors (Lipinski definition) is 7. The minimum absolute atomic E-state index is 0.106. The maximum absolute atomic E-state index is 12.8. The van der Waals surface area contributed by atoms with E-state index in [0.29, 0.717) is 17.6 Å². The van der Waals surface area contributed by atoms with Crippen molar-refractivity contribution < 1.29 is 18.1 Å². The lowest BCUT2D eigenvalue weighted by Gasteiger charge is -2.55. The van der Waals surface area contributed by atoms with Gasteiger partial charge in [0.1, 0.15) is 11.4 Å². The van der Waals surface area contributed by atoms with Crippen LogP contribution in [-0.2, 0) is 10.0 Å². The van der Waals surface area contributed by atoms with Gasteiger partial charge in [0.05, 0.1) is 28.8 Å². The second-order valence-electron chi connectivity index (χ2n) is 8.86. The molecule has 10 heteroatoms. The number of anilines is 2. The quantitative estimate of drug-likeness (QED) is 0.325. The Kier molecular flexibility index (Phi) is 5.87. The summed E-state index contributed by atoms with van der Waals surface area (Å²) < 4.78 is 33.2. The molecule has 174 valence electrons. The van der Waals surface area contributed by atoms with Gasteiger partial charge in [0.15, 0.2) is 0 Å². The van der Waals surface area contributed by atoms with Gasteiger partial charge in [0.25, 0.3) is 15.7 Å². The van der Waals surface area contributed by atoms with Crippen LogP contribution >= 0.6 is 0 Å². The van der Waals surface area contributed by atoms with Crippen molar-refractivity contribution in [2.24, 2.45) is 22.4 Å². The summed E-state index contributed by atoms with van der Waals surface area (Å²) in [5, 5.41) is 15.8. The Balaban J connectivity index is 1.54. The zero-order chi connectivity index (χ0) is 23.8. The fourth-order valence-electron chi connectivity index (χ4n) is 4.58. The molecule has 1 fully saturated rings. The van der Waals surface area contributed by atoms with Gasteiger partial charge in [-0.15, -0.1) is 0 Å². The van der Waals surface area contributed by atoms with Crippen LogP contribution in [0.25, 0.3) is 0 Å². The monoisotopic (exact) mass is 470 g/mol. The van der Waals surface area contributed by atoms with Crippen molar-refractivity contribution in [3.05, 3.63) is 64.2 Å². The number of methoxy groups -OCH3 is 1. The maximum atomic E-state index is 12.8. The first-order valence-electron chi connectivity index (χ1n) is 10.6. The molecule has 0 aliphatic heterocycles. The summed E-state index contributed by atoms with van der Waals surface area (Å²) in [5.74, 6) is 1.47. The van der Waals surface area contributed by atoms with Crippen molar-refractivity contribution in [3.8, 4) is 5.75 Å². The van der Waals surface area contributed by atoms with Gasteiger partial charge in [0, 0.05) is 6.07 Å². The second-order valence-corrected chi connectivity index (χ2v) is 10.5. The molecule has 0 heterocycles. The minimum atomic E-state index is -4.08. The summed E-state index contributed by atoms with van der Waals surface area (Å²) in [7, 11) is -2.66. The summed E-state index contributed by atoms with van der Waals surface area (Å²) in [4.78, 5) is 10.8. The van der Waals surface area contributed by atoms with E-state index >= 15 is 0 Å². The smallest absolute Gasteiger partial charge is 0.295 e. The van der Waals surface area contributed by atoms with Crippen LogP contribution in [0.3, 0.4) is 0 Å². The van der Waals surface area contributed by atoms with Gasteiger partial charge in [-0.2, -0.15) is 5.10 Å². The molecule has 3 aliphatic carbocycles. The first-order valence-corrected chi connectivity index (χ1v) is 12.0. The van der Waals surface area contributed by atoms with Crippen LogP contribution in [0.15, 0.2) is 64.1 Å². The number of ether oxygens (including phenoxy) is 1. The number of allylic oxidation sites excluding steroid dienone is 2. The van der Waals surface area contributed by atoms with Gasteiger partial charge in [-0.3, -0.25) is 20.3 Å². The van der Waals surface area contributed by atoms with Crippen LogP contribution in [0.5, 0.6) is 5.75 Å². The Labute approximate surface area is 192 Å². The first kappa shape index (κ1) is 22.8. The van der Waals surface area contributed by atoms with Crippen molar-refractivity contribution in [2.45, 2.75) is 31.6 Å². The van der Waals surface area contributed by atoms with E-state index < -0.39 is 20.6 Å². The lowest BCUT2D eigenvalue weighted by molar-refractivity contribution is -0.384. The third-order valence-electron chi connectivity index (χ3n) is 6.74. The second kappa shape index (κ2) is 8.51. The van der Waals surface area contributed by atoms with Crippen LogP contribution < -0.4 is 14.9 Å². The molecular weight excluding hydrogens is 444 g/mol. The fraction of sp³-hybridized carbons (Fsp3) is 0.348. The number of fused-ring (bicyclic) bond motifs is 1. The van der Waals surface area contributed by atoms with Crippen LogP contribution in [0, 0.1) is 27.4 Å². The molecule has 2 N–H and O–H groups in total. The number of hydrogen-bond donors (Lipinski definition) is 2. The molecule has 0 amide bonds. The highest BCUT2D eigenvalue weighted by molar-refractivity contribution is 7.92. The fourth-order valence-corrected chi connectivity index (χ4v) is 5.67. The molecule has 0 saturated heterocycles. The number of nitrogens with zero attached hydrogens (tertiary/aromatic N) is 2. The van der Waals surface area contributed by atoms with E-state index in [1.807, 2.05) is 0 Å². The number of hydrazone groups is 1. The Morgan fingerprint density at radius 1 is 1.21 bits per heavy atom. The molecule has 33 heavy (non-hydrogen) atoms. The summed E-state index contributed by atoms with van der Waals surface area (Å²) in [6.45, 7) is 4.51. The Morgan fingerprint density at radius 2 is 1.97 bits per heavy atom. The molecule has 9 nitrogen and oxygen atoms in total. The predicted octanol–water partition coefficient (Wildman–Crippen LogP) is 4.79. The summed E-state index contributed by atoms with van der Waals surface area (Å²) in [5.41, 5.74) is 4.02. The van der Waals surface area contributed by atoms with E-state index in [4.69, 9.17) is 4.74 Å². The molecule has 0 aromatic heterocycles. The van der Waals surface area contributed by atoms with E-state index in [1.165, 1.54) is 19.2 Å². The van der Waals surface area contributed by atoms with Crippen LogP contribution in [0.2, 0.25) is 0 Å². The van der Waals surface area contributed by atoms with Crippen LogP contribution in [-0.4, -0.2) is 26.7 Å². The third-order valence-corrected chi connectivity index (χ3v) is 8.10. The van der Waals surface area contributed by atoms with Crippen molar-refractivity contribution in [2.75, 3.05) is 17.3 Å². The summed E-state index contributed by atoms with van der Waals surface area (Å²) >= 11 is 0. The lowest BCUT2D eigenvalue weighted by atomic mass is 9.49. The maximum Gasteiger partial charge on any atom is 0.295 e. The number of para-hydroxylation sites is 2. The Bertz CT molecular complexity index is 1250. The topological polar surface area (TPSA) is 123 Å². The van der Waals surface area contributed by atoms with Crippen LogP contribution in [0.1, 0.15) is 26.7 Å². The van der Waals surface area contributed by atoms with Crippen LogP contribution in [0.4, 0.5) is 17.1 Å². The average molecular weight is 471 g/mol. The SMILES string of the molecule is COc1ccccc1NS(=O)(=O)c1ccc(N/N=C/C2=CCC3CC2C3(C)C)c([N+](=O)[O-])c1. The highest BCUT2D eigenvalue weighted by Crippen LogP contribution is 2.58. The highest BCUT2D eigenvalue weighted by atomic mass is 32.2. The lowest BCUT2D eigenvalue weighted by Crippen LogP contribution is -2.48. The van der Waals surface area contributed by atoms with Gasteiger partial charge in [-0.05, 0) is 59.9 Å². The summed E-state index contributed by atoms with van der Waals surface area (Å²) in [6.07, 6.45) is 6.02. The molecule has 2 atom stereocenters. The molecule has 2 aromatic rings. The molecule has 2 unspecified atom stereocenters. The van der Waals surface area contributed by atoms with Gasteiger partial charge in [-0.1, -0.05) is 32.1 Å². The van der Waals surface area contributed by atoms with Gasteiger partial charge >= 0.3 is 0 Å². The number of nitrogens with one attached hydrogen (secondary N) is 2. The van der Waals surface area contributed by atoms with E-state index in [-0.39, 0.29) is 21.7 Å². The number of benzene rings is 2. The zero-order valence-corrected chi connectivity index (χ0v) is 19.4. The molecule has 5 rings (SSSR count). The molecule has 3 aliphatic rings. The number of nitro groups is 1. The minimum Gasteiger partial charge on any atom is -0.495 e. The molecule has 0 radical (unpaired) electrons. The first-order chi connectivity index (χ1) is 15.6. The Hall–Kier alpha value is -3.40. The molecule has 2 aromatic carbocycles. The molecular formula is C23H26N4O5S. The summed E-state index contributed by atoms with van der Waals surface area (Å²) in [6, 6.07) is 10.2. The number of sulfonamides is 1. The number of nitro benzene ring substituents is 1. The normalized spacial score (nSPS) is 21.1. The highest BCUT2D eigenvalue weighted by Gasteiger charge is 2.50. The standard InChI is InChI=1S/C23H26N4O5S/c1-23(2)16-9-8-15(18(23)12-16)14-24-25-19-11-10-17(13-21(19)27(28)29)33(30,31)26-20-6-4-5-7-22(20)32-3/h4-8,10-11,13-14,16,18,25-26H,9,12H2,1-3H3/b24-14+. The van der Waals surface area contributed by atoms with Crippen molar-refractivity contribution >= 4 is 33.3 Å². The van der Waals surface area contributed by atoms with E-state index in [9.17, 15) is 18.5 Å². The van der Waals surface area contributed by atoms with Crippen molar-refractivity contribution in [1.82, 2.24) is 0 Å². The van der Waals surface area contributed by atoms with Gasteiger partial charge in [-0.25, -0.2) is 8.42 Å². The number of rotatable bonds is 8. The zero-order valence-electron chi connectivity index (χ0n) is 18.6. The van der Waals surface area contributed by atoms with Gasteiger partial charge in [0.2, 0.25) is 0 Å². The predicted molar refractivity (Wildman–Crippen MR) is 127 cm³/mol. The molecule has 1 saturated carbocycles. The average Bonchev–Trinajstić information content (AvgIpc) is 2.79. The van der Waals surface area contributed by atoms with Crippen molar-refractivity contribution in [1.29, 1.82) is 0 Å². The van der Waals surface area contributed by atoms with E-state index in [2.05, 4.69) is 35.2 Å². The third kappa shape index (κ3) is 4.30.